The maximum Gasteiger partial charge on any atom is 0.418 e. The first-order chi connectivity index (χ1) is 19.7. The zero-order valence-electron chi connectivity index (χ0n) is 22.2. The minimum Gasteiger partial charge on any atom is -0.293 e. The number of nitro benzene ring substituents is 1. The number of benzene rings is 2. The fraction of sp³-hybridized carbons (Fsp3) is 0.179. The van der Waals surface area contributed by atoms with Gasteiger partial charge in [-0.05, 0) is 47.7 Å². The van der Waals surface area contributed by atoms with Gasteiger partial charge in [0.1, 0.15) is 16.3 Å². The number of hydrogen-bond donors (Lipinski definition) is 0. The molecule has 0 bridgehead atoms. The van der Waals surface area contributed by atoms with Crippen molar-refractivity contribution in [3.63, 3.8) is 0 Å². The molecule has 14 heteroatoms. The molecule has 4 rings (SSSR count). The third-order valence-electron chi connectivity index (χ3n) is 5.73. The average molecular weight is 612 g/mol. The van der Waals surface area contributed by atoms with Gasteiger partial charge < -0.3 is 0 Å². The number of aromatic nitrogens is 3. The molecule has 42 heavy (non-hydrogen) atoms. The zero-order chi connectivity index (χ0) is 30.8. The van der Waals surface area contributed by atoms with Crippen LogP contribution in [0.5, 0.6) is 0 Å². The summed E-state index contributed by atoms with van der Waals surface area (Å²) in [7, 11) is 0. The summed E-state index contributed by atoms with van der Waals surface area (Å²) in [6.07, 6.45) is -0.621. The number of Topliss-reactive ketones (excluding diaryl/α,β-unsaturated/α-hetero) is 1. The quantitative estimate of drug-likeness (QED) is 0.171. The second-order valence-corrected chi connectivity index (χ2v) is 11.8. The third kappa shape index (κ3) is 6.32. The summed E-state index contributed by atoms with van der Waals surface area (Å²) in [6, 6.07) is 11.8. The molecule has 2 aromatic heterocycles. The summed E-state index contributed by atoms with van der Waals surface area (Å²) in [5, 5.41) is 22.0. The van der Waals surface area contributed by atoms with Crippen molar-refractivity contribution in [2.75, 3.05) is 0 Å². The Morgan fingerprint density at radius 2 is 1.79 bits per heavy atom. The molecular formula is C28H20F3N5O4S2. The second kappa shape index (κ2) is 11.7. The molecule has 0 aliphatic carbocycles. The van der Waals surface area contributed by atoms with Gasteiger partial charge in [-0.2, -0.15) is 18.4 Å². The molecule has 2 heterocycles. The summed E-state index contributed by atoms with van der Waals surface area (Å²) in [5.74, 6) is -0.670. The van der Waals surface area contributed by atoms with E-state index < -0.39 is 44.7 Å². The van der Waals surface area contributed by atoms with Gasteiger partial charge in [0.05, 0.1) is 25.6 Å². The molecule has 0 saturated carbocycles. The van der Waals surface area contributed by atoms with Crippen LogP contribution in [0, 0.1) is 26.9 Å². The Morgan fingerprint density at radius 3 is 2.38 bits per heavy atom. The minimum absolute atomic E-state index is 0.141. The molecule has 0 N–H and O–H groups in total. The number of alkyl halides is 3. The summed E-state index contributed by atoms with van der Waals surface area (Å²) >= 11 is 1.60. The molecule has 0 saturated heterocycles. The molecule has 0 radical (unpaired) electrons. The number of nitro groups is 1. The summed E-state index contributed by atoms with van der Waals surface area (Å²) in [6.45, 7) is 4.62. The number of para-hydroxylation sites is 1. The van der Waals surface area contributed by atoms with Gasteiger partial charge in [0.15, 0.2) is 10.9 Å². The van der Waals surface area contributed by atoms with Crippen molar-refractivity contribution >= 4 is 46.2 Å². The Hall–Kier alpha value is -4.61. The number of thiazole rings is 1. The molecular weight excluding hydrogens is 591 g/mol. The van der Waals surface area contributed by atoms with Gasteiger partial charge in [-0.3, -0.25) is 24.3 Å². The molecule has 0 amide bonds. The Balaban J connectivity index is 2.02. The van der Waals surface area contributed by atoms with Crippen LogP contribution in [0.25, 0.3) is 17.3 Å². The van der Waals surface area contributed by atoms with Crippen LogP contribution in [0.2, 0.25) is 0 Å². The molecule has 0 atom stereocenters. The maximum absolute atomic E-state index is 14.0. The first-order valence-corrected chi connectivity index (χ1v) is 13.7. The minimum atomic E-state index is -4.85. The SMILES string of the molecule is CC(C)(C)C(=O)C(C#N)=c1sc(=Cc2ccc(Sc3ncccn3)c([N+](=O)[O-])c2)c(=O)n1-c1ccccc1C(F)(F)F. The van der Waals surface area contributed by atoms with Gasteiger partial charge in [0.25, 0.3) is 11.2 Å². The predicted octanol–water partition coefficient (Wildman–Crippen LogP) is 4.89. The first kappa shape index (κ1) is 30.4. The van der Waals surface area contributed by atoms with Crippen LogP contribution >= 0.6 is 23.1 Å². The Kier molecular flexibility index (Phi) is 8.46. The van der Waals surface area contributed by atoms with E-state index in [1.165, 1.54) is 42.7 Å². The van der Waals surface area contributed by atoms with Gasteiger partial charge in [-0.1, -0.05) is 39.0 Å². The van der Waals surface area contributed by atoms with E-state index in [1.807, 2.05) is 0 Å². The summed E-state index contributed by atoms with van der Waals surface area (Å²) in [5.41, 5.74) is -4.31. The number of ketones is 1. The van der Waals surface area contributed by atoms with E-state index in [-0.39, 0.29) is 30.5 Å². The van der Waals surface area contributed by atoms with Gasteiger partial charge in [0, 0.05) is 23.9 Å². The molecule has 0 fully saturated rings. The number of nitrogens with zero attached hydrogens (tertiary/aromatic N) is 5. The van der Waals surface area contributed by atoms with Crippen LogP contribution in [0.15, 0.2) is 75.8 Å². The van der Waals surface area contributed by atoms with Gasteiger partial charge >= 0.3 is 6.18 Å². The lowest BCUT2D eigenvalue weighted by atomic mass is 9.87. The van der Waals surface area contributed by atoms with Crippen LogP contribution in [-0.2, 0) is 11.0 Å². The highest BCUT2D eigenvalue weighted by atomic mass is 32.2. The Morgan fingerprint density at radius 1 is 1.12 bits per heavy atom. The molecule has 9 nitrogen and oxygen atoms in total. The molecule has 0 unspecified atom stereocenters. The van der Waals surface area contributed by atoms with Gasteiger partial charge in [-0.15, -0.1) is 11.3 Å². The highest BCUT2D eigenvalue weighted by Gasteiger charge is 2.35. The van der Waals surface area contributed by atoms with Crippen molar-refractivity contribution in [1.82, 2.24) is 14.5 Å². The van der Waals surface area contributed by atoms with Crippen molar-refractivity contribution in [2.45, 2.75) is 37.0 Å². The molecule has 214 valence electrons. The first-order valence-electron chi connectivity index (χ1n) is 12.0. The van der Waals surface area contributed by atoms with Crippen molar-refractivity contribution in [1.29, 1.82) is 5.26 Å². The lowest BCUT2D eigenvalue weighted by molar-refractivity contribution is -0.387. The zero-order valence-corrected chi connectivity index (χ0v) is 23.8. The number of halogens is 3. The van der Waals surface area contributed by atoms with Crippen LogP contribution < -0.4 is 14.8 Å². The Labute approximate surface area is 244 Å². The smallest absolute Gasteiger partial charge is 0.293 e. The number of carbonyl (C=O) groups excluding carboxylic acids is 1. The lowest BCUT2D eigenvalue weighted by Crippen LogP contribution is -2.34. The fourth-order valence-electron chi connectivity index (χ4n) is 3.79. The van der Waals surface area contributed by atoms with E-state index in [0.29, 0.717) is 15.9 Å². The summed E-state index contributed by atoms with van der Waals surface area (Å²) in [4.78, 5) is 46.4. The summed E-state index contributed by atoms with van der Waals surface area (Å²) < 4.78 is 42.2. The molecule has 0 aliphatic rings. The average Bonchev–Trinajstić information content (AvgIpc) is 3.24. The van der Waals surface area contributed by atoms with Crippen LogP contribution in [0.4, 0.5) is 18.9 Å². The van der Waals surface area contributed by atoms with Gasteiger partial charge in [-0.25, -0.2) is 9.97 Å². The number of rotatable bonds is 6. The largest absolute Gasteiger partial charge is 0.418 e. The highest BCUT2D eigenvalue weighted by molar-refractivity contribution is 7.99. The molecule has 0 spiro atoms. The van der Waals surface area contributed by atoms with E-state index in [4.69, 9.17) is 0 Å². The lowest BCUT2D eigenvalue weighted by Gasteiger charge is -2.16. The van der Waals surface area contributed by atoms with Gasteiger partial charge in [0.2, 0.25) is 0 Å². The van der Waals surface area contributed by atoms with E-state index in [1.54, 1.807) is 32.9 Å². The number of hydrogen-bond acceptors (Lipinski definition) is 9. The van der Waals surface area contributed by atoms with Crippen molar-refractivity contribution in [3.8, 4) is 11.8 Å². The normalized spacial score (nSPS) is 13.0. The predicted molar refractivity (Wildman–Crippen MR) is 150 cm³/mol. The highest BCUT2D eigenvalue weighted by Crippen LogP contribution is 2.34. The monoisotopic (exact) mass is 611 g/mol. The second-order valence-electron chi connectivity index (χ2n) is 9.75. The fourth-order valence-corrected chi connectivity index (χ4v) is 5.68. The number of carbonyl (C=O) groups is 1. The van der Waals surface area contributed by atoms with Crippen LogP contribution in [0.3, 0.4) is 0 Å². The molecule has 2 aromatic carbocycles. The van der Waals surface area contributed by atoms with Crippen molar-refractivity contribution < 1.29 is 22.9 Å². The number of nitriles is 1. The van der Waals surface area contributed by atoms with E-state index >= 15 is 0 Å². The standard InChI is InChI=1S/C28H20F3N5O4S2/c1-27(2,3)23(37)17(15-32)25-35(19-8-5-4-7-18(19)28(29,30)31)24(38)22(41-25)14-16-9-10-21(20(13-16)36(39)40)42-26-33-11-6-12-34-26/h4-14H,1-3H3. The topological polar surface area (TPSA) is 132 Å². The maximum atomic E-state index is 14.0. The van der Waals surface area contributed by atoms with Crippen molar-refractivity contribution in [2.24, 2.45) is 5.41 Å². The van der Waals surface area contributed by atoms with Crippen LogP contribution in [-0.4, -0.2) is 25.2 Å². The molecule has 4 aromatic rings. The van der Waals surface area contributed by atoms with Crippen molar-refractivity contribution in [3.05, 3.63) is 102 Å². The van der Waals surface area contributed by atoms with E-state index in [0.717, 1.165) is 30.0 Å². The molecule has 0 aliphatic heterocycles. The third-order valence-corrected chi connectivity index (χ3v) is 7.78. The van der Waals surface area contributed by atoms with Crippen LogP contribution in [0.1, 0.15) is 31.9 Å². The Bertz CT molecular complexity index is 1920. The van der Waals surface area contributed by atoms with E-state index in [9.17, 15) is 38.1 Å². The van der Waals surface area contributed by atoms with E-state index in [2.05, 4.69) is 9.97 Å².